The molecule has 0 aromatic heterocycles. The van der Waals surface area contributed by atoms with E-state index in [9.17, 15) is 20.2 Å². The average molecular weight is 498 g/mol. The number of piperazine rings is 1. The van der Waals surface area contributed by atoms with Crippen LogP contribution in [0.5, 0.6) is 5.75 Å². The number of benzene rings is 3. The summed E-state index contributed by atoms with van der Waals surface area (Å²) in [5.41, 5.74) is 2.42. The van der Waals surface area contributed by atoms with E-state index in [2.05, 4.69) is 34.5 Å². The van der Waals surface area contributed by atoms with Crippen LogP contribution in [-0.2, 0) is 4.79 Å². The lowest BCUT2D eigenvalue weighted by molar-refractivity contribution is -0.384. The molecular weight excluding hydrogens is 470 g/mol. The molecule has 0 unspecified atom stereocenters. The van der Waals surface area contributed by atoms with Crippen LogP contribution < -0.4 is 10.1 Å². The number of carbonyl (C=O) groups is 1. The van der Waals surface area contributed by atoms with E-state index in [1.807, 2.05) is 42.5 Å². The monoisotopic (exact) mass is 497 g/mol. The minimum Gasteiger partial charge on any atom is -0.495 e. The van der Waals surface area contributed by atoms with Gasteiger partial charge in [0.2, 0.25) is 0 Å². The minimum absolute atomic E-state index is 0.0636. The third-order valence-corrected chi connectivity index (χ3v) is 6.31. The van der Waals surface area contributed by atoms with Gasteiger partial charge in [-0.3, -0.25) is 19.8 Å². The molecular formula is C28H27N5O4. The van der Waals surface area contributed by atoms with Crippen molar-refractivity contribution in [2.45, 2.75) is 6.04 Å². The van der Waals surface area contributed by atoms with E-state index in [0.29, 0.717) is 31.9 Å². The Bertz CT molecular complexity index is 1270. The zero-order chi connectivity index (χ0) is 26.2. The van der Waals surface area contributed by atoms with E-state index in [0.717, 1.165) is 0 Å². The van der Waals surface area contributed by atoms with Crippen LogP contribution >= 0.6 is 0 Å². The summed E-state index contributed by atoms with van der Waals surface area (Å²) in [5, 5.41) is 23.6. The van der Waals surface area contributed by atoms with Crippen molar-refractivity contribution >= 4 is 17.3 Å². The van der Waals surface area contributed by atoms with Crippen LogP contribution in [0.2, 0.25) is 0 Å². The van der Waals surface area contributed by atoms with E-state index >= 15 is 0 Å². The second-order valence-electron chi connectivity index (χ2n) is 8.51. The first-order valence-electron chi connectivity index (χ1n) is 11.8. The number of hydrogen-bond donors (Lipinski definition) is 1. The Kier molecular flexibility index (Phi) is 8.13. The molecule has 1 N–H and O–H groups in total. The predicted octanol–water partition coefficient (Wildman–Crippen LogP) is 4.36. The number of carbonyl (C=O) groups excluding carboxylic acids is 1. The van der Waals surface area contributed by atoms with Gasteiger partial charge in [-0.1, -0.05) is 60.7 Å². The number of nitrogens with one attached hydrogen (secondary N) is 1. The number of nitro groups is 1. The van der Waals surface area contributed by atoms with Crippen molar-refractivity contribution < 1.29 is 14.5 Å². The highest BCUT2D eigenvalue weighted by molar-refractivity contribution is 5.97. The van der Waals surface area contributed by atoms with E-state index < -0.39 is 10.8 Å². The number of nitro benzene ring substituents is 1. The van der Waals surface area contributed by atoms with E-state index in [4.69, 9.17) is 4.74 Å². The molecule has 1 fully saturated rings. The molecule has 3 aromatic carbocycles. The number of hydrogen-bond acceptors (Lipinski definition) is 7. The van der Waals surface area contributed by atoms with E-state index in [1.54, 1.807) is 4.90 Å². The van der Waals surface area contributed by atoms with Crippen molar-refractivity contribution in [3.63, 3.8) is 0 Å². The van der Waals surface area contributed by atoms with Crippen LogP contribution in [0.15, 0.2) is 90.6 Å². The first-order valence-corrected chi connectivity index (χ1v) is 11.8. The van der Waals surface area contributed by atoms with Gasteiger partial charge in [0.15, 0.2) is 0 Å². The largest absolute Gasteiger partial charge is 0.495 e. The molecule has 1 aliphatic heterocycles. The van der Waals surface area contributed by atoms with Gasteiger partial charge in [-0.15, -0.1) is 0 Å². The lowest BCUT2D eigenvalue weighted by Gasteiger charge is -2.39. The molecule has 1 amide bonds. The Morgan fingerprint density at radius 1 is 1.03 bits per heavy atom. The molecule has 0 spiro atoms. The first-order chi connectivity index (χ1) is 18.0. The summed E-state index contributed by atoms with van der Waals surface area (Å²) in [5.74, 6) is -0.0388. The number of ether oxygens (including phenoxy) is 1. The Morgan fingerprint density at radius 2 is 1.62 bits per heavy atom. The van der Waals surface area contributed by atoms with Crippen LogP contribution in [0.25, 0.3) is 0 Å². The maximum absolute atomic E-state index is 13.1. The summed E-state index contributed by atoms with van der Waals surface area (Å²) in [4.78, 5) is 27.7. The minimum atomic E-state index is -0.525. The lowest BCUT2D eigenvalue weighted by Crippen LogP contribution is -2.50. The molecule has 37 heavy (non-hydrogen) atoms. The second kappa shape index (κ2) is 11.8. The van der Waals surface area contributed by atoms with Crippen molar-refractivity contribution in [2.75, 3.05) is 38.6 Å². The smallest absolute Gasteiger partial charge is 0.271 e. The molecule has 1 aliphatic rings. The summed E-state index contributed by atoms with van der Waals surface area (Å²) in [7, 11) is 1.43. The molecule has 188 valence electrons. The Hall–Kier alpha value is -4.68. The highest BCUT2D eigenvalue weighted by Gasteiger charge is 2.29. The quantitative estimate of drug-likeness (QED) is 0.213. The number of rotatable bonds is 8. The molecule has 0 aliphatic carbocycles. The van der Waals surface area contributed by atoms with Gasteiger partial charge >= 0.3 is 0 Å². The normalized spacial score (nSPS) is 14.2. The highest BCUT2D eigenvalue weighted by Crippen LogP contribution is 2.30. The molecule has 1 heterocycles. The van der Waals surface area contributed by atoms with Crippen LogP contribution in [0.3, 0.4) is 0 Å². The number of non-ortho nitro benzene ring substituents is 1. The van der Waals surface area contributed by atoms with Gasteiger partial charge in [0, 0.05) is 44.5 Å². The summed E-state index contributed by atoms with van der Waals surface area (Å²) >= 11 is 0. The molecule has 0 saturated carbocycles. The fourth-order valence-corrected chi connectivity index (χ4v) is 4.45. The predicted molar refractivity (Wildman–Crippen MR) is 140 cm³/mol. The number of methoxy groups -OCH3 is 1. The number of nitrogens with zero attached hydrogens (tertiary/aromatic N) is 4. The zero-order valence-electron chi connectivity index (χ0n) is 20.4. The van der Waals surface area contributed by atoms with Gasteiger partial charge in [0.1, 0.15) is 17.4 Å². The van der Waals surface area contributed by atoms with Crippen LogP contribution in [-0.4, -0.2) is 53.9 Å². The van der Waals surface area contributed by atoms with E-state index in [-0.39, 0.29) is 23.0 Å². The summed E-state index contributed by atoms with van der Waals surface area (Å²) in [6.07, 6.45) is 1.27. The SMILES string of the molecule is COc1ccc([N+](=O)[O-])cc1N/C=C(/C#N)C(=O)N1CCN(C(c2ccccc2)c2ccccc2)CC1. The van der Waals surface area contributed by atoms with Crippen molar-refractivity contribution in [1.82, 2.24) is 9.80 Å². The van der Waals surface area contributed by atoms with Crippen LogP contribution in [0.4, 0.5) is 11.4 Å². The third kappa shape index (κ3) is 5.94. The number of nitriles is 1. The Balaban J connectivity index is 1.47. The topological polar surface area (TPSA) is 112 Å². The molecule has 0 radical (unpaired) electrons. The number of amides is 1. The van der Waals surface area contributed by atoms with Crippen molar-refractivity contribution in [2.24, 2.45) is 0 Å². The van der Waals surface area contributed by atoms with Crippen LogP contribution in [0.1, 0.15) is 17.2 Å². The molecule has 9 heteroatoms. The Labute approximate surface area is 215 Å². The molecule has 3 aromatic rings. The molecule has 0 bridgehead atoms. The molecule has 9 nitrogen and oxygen atoms in total. The summed E-state index contributed by atoms with van der Waals surface area (Å²) < 4.78 is 5.23. The maximum atomic E-state index is 13.1. The zero-order valence-corrected chi connectivity index (χ0v) is 20.4. The van der Waals surface area contributed by atoms with Gasteiger partial charge in [-0.25, -0.2) is 0 Å². The standard InChI is InChI=1S/C28H27N5O4/c1-37-26-13-12-24(33(35)36)18-25(26)30-20-23(19-29)28(34)32-16-14-31(15-17-32)27(21-8-4-2-5-9-21)22-10-6-3-7-11-22/h2-13,18,20,27,30H,14-17H2,1H3/b23-20-. The van der Waals surface area contributed by atoms with Crippen LogP contribution in [0, 0.1) is 21.4 Å². The molecule has 0 atom stereocenters. The first kappa shape index (κ1) is 25.4. The van der Waals surface area contributed by atoms with Crippen molar-refractivity contribution in [3.8, 4) is 11.8 Å². The van der Waals surface area contributed by atoms with Crippen molar-refractivity contribution in [1.29, 1.82) is 5.26 Å². The maximum Gasteiger partial charge on any atom is 0.271 e. The van der Waals surface area contributed by atoms with Gasteiger partial charge in [-0.2, -0.15) is 5.26 Å². The third-order valence-electron chi connectivity index (χ3n) is 6.31. The van der Waals surface area contributed by atoms with Gasteiger partial charge in [-0.05, 0) is 17.2 Å². The highest BCUT2D eigenvalue weighted by atomic mass is 16.6. The summed E-state index contributed by atoms with van der Waals surface area (Å²) in [6, 6.07) is 26.6. The molecule has 1 saturated heterocycles. The second-order valence-corrected chi connectivity index (χ2v) is 8.51. The van der Waals surface area contributed by atoms with E-state index in [1.165, 1.54) is 42.6 Å². The fraction of sp³-hybridized carbons (Fsp3) is 0.214. The fourth-order valence-electron chi connectivity index (χ4n) is 4.45. The average Bonchev–Trinajstić information content (AvgIpc) is 2.95. The van der Waals surface area contributed by atoms with Crippen molar-refractivity contribution in [3.05, 3.63) is 112 Å². The Morgan fingerprint density at radius 3 is 2.14 bits per heavy atom. The number of anilines is 1. The summed E-state index contributed by atoms with van der Waals surface area (Å²) in [6.45, 7) is 2.22. The van der Waals surface area contributed by atoms with Gasteiger partial charge in [0.25, 0.3) is 11.6 Å². The lowest BCUT2D eigenvalue weighted by atomic mass is 9.96. The molecule has 4 rings (SSSR count). The van der Waals surface area contributed by atoms with Gasteiger partial charge in [0.05, 0.1) is 23.8 Å². The van der Waals surface area contributed by atoms with Gasteiger partial charge < -0.3 is 15.0 Å².